The van der Waals surface area contributed by atoms with Crippen molar-refractivity contribution in [1.82, 2.24) is 0 Å². The lowest BCUT2D eigenvalue weighted by Gasteiger charge is -2.01. The van der Waals surface area contributed by atoms with Crippen LogP contribution in [0.4, 0.5) is 0 Å². The molecule has 4 heteroatoms. The predicted molar refractivity (Wildman–Crippen MR) is 59.2 cm³/mol. The molecule has 12 heavy (non-hydrogen) atoms. The summed E-state index contributed by atoms with van der Waals surface area (Å²) in [5.74, 6) is 0. The van der Waals surface area contributed by atoms with E-state index in [0.29, 0.717) is 6.54 Å². The van der Waals surface area contributed by atoms with Gasteiger partial charge in [-0.05, 0) is 36.7 Å². The van der Waals surface area contributed by atoms with E-state index in [0.717, 1.165) is 15.9 Å². The van der Waals surface area contributed by atoms with Gasteiger partial charge < -0.3 is 5.73 Å². The van der Waals surface area contributed by atoms with Crippen molar-refractivity contribution >= 4 is 39.9 Å². The highest BCUT2D eigenvalue weighted by Crippen LogP contribution is 2.20. The molecule has 1 aromatic rings. The Labute approximate surface area is 91.8 Å². The van der Waals surface area contributed by atoms with Crippen LogP contribution in [0, 0.1) is 0 Å². The summed E-state index contributed by atoms with van der Waals surface area (Å²) in [6.45, 7) is 0.652. The largest absolute Gasteiger partial charge is 0.330 e. The number of rotatable bonds is 2. The van der Waals surface area contributed by atoms with Gasteiger partial charge in [0.25, 0.3) is 0 Å². The first-order chi connectivity index (χ1) is 5.24. The highest BCUT2D eigenvalue weighted by atomic mass is 79.9. The van der Waals surface area contributed by atoms with E-state index < -0.39 is 0 Å². The van der Waals surface area contributed by atoms with Gasteiger partial charge in [-0.2, -0.15) is 0 Å². The van der Waals surface area contributed by atoms with Crippen LogP contribution < -0.4 is 5.73 Å². The van der Waals surface area contributed by atoms with Crippen LogP contribution in [0.15, 0.2) is 22.7 Å². The van der Waals surface area contributed by atoms with Gasteiger partial charge in [0.2, 0.25) is 0 Å². The van der Waals surface area contributed by atoms with Crippen LogP contribution in [0.2, 0.25) is 5.02 Å². The average Bonchev–Trinajstić information content (AvgIpc) is 1.98. The molecule has 0 aromatic heterocycles. The van der Waals surface area contributed by atoms with Gasteiger partial charge in [0.05, 0.1) is 0 Å². The zero-order valence-electron chi connectivity index (χ0n) is 6.39. The van der Waals surface area contributed by atoms with E-state index in [4.69, 9.17) is 17.3 Å². The molecule has 0 fully saturated rings. The Morgan fingerprint density at radius 3 is 2.67 bits per heavy atom. The zero-order valence-corrected chi connectivity index (χ0v) is 9.55. The summed E-state index contributed by atoms with van der Waals surface area (Å²) in [4.78, 5) is 0. The lowest BCUT2D eigenvalue weighted by atomic mass is 10.1. The van der Waals surface area contributed by atoms with Crippen LogP contribution in [-0.2, 0) is 6.42 Å². The number of hydrogen-bond acceptors (Lipinski definition) is 1. The Balaban J connectivity index is 0.00000121. The molecular weight excluding hydrogens is 261 g/mol. The minimum Gasteiger partial charge on any atom is -0.330 e. The summed E-state index contributed by atoms with van der Waals surface area (Å²) < 4.78 is 1.08. The molecule has 0 saturated carbocycles. The molecule has 1 rings (SSSR count). The predicted octanol–water partition coefficient (Wildman–Crippen LogP) is 3.03. The molecule has 0 heterocycles. The minimum absolute atomic E-state index is 0. The van der Waals surface area contributed by atoms with Crippen LogP contribution in [0.1, 0.15) is 5.56 Å². The van der Waals surface area contributed by atoms with Gasteiger partial charge in [-0.1, -0.05) is 27.5 Å². The standard InChI is InChI=1S/C8H9BrClN.ClH/c9-8-2-1-7(10)5-6(8)3-4-11;/h1-2,5H,3-4,11H2;1H. The van der Waals surface area contributed by atoms with Gasteiger partial charge in [-0.25, -0.2) is 0 Å². The number of halogens is 3. The molecule has 0 aliphatic carbocycles. The van der Waals surface area contributed by atoms with Crippen molar-refractivity contribution in [1.29, 1.82) is 0 Å². The third-order valence-electron chi connectivity index (χ3n) is 1.42. The SMILES string of the molecule is Cl.NCCc1cc(Cl)ccc1Br. The van der Waals surface area contributed by atoms with Crippen molar-refractivity contribution in [3.05, 3.63) is 33.3 Å². The van der Waals surface area contributed by atoms with E-state index in [-0.39, 0.29) is 12.4 Å². The fourth-order valence-corrected chi connectivity index (χ4v) is 1.53. The van der Waals surface area contributed by atoms with Crippen molar-refractivity contribution in [3.8, 4) is 0 Å². The van der Waals surface area contributed by atoms with Gasteiger partial charge in [-0.15, -0.1) is 12.4 Å². The Kier molecular flexibility index (Phi) is 5.93. The molecule has 0 bridgehead atoms. The second-order valence-electron chi connectivity index (χ2n) is 2.27. The van der Waals surface area contributed by atoms with Crippen molar-refractivity contribution < 1.29 is 0 Å². The van der Waals surface area contributed by atoms with Crippen molar-refractivity contribution in [2.24, 2.45) is 5.73 Å². The Morgan fingerprint density at radius 1 is 1.42 bits per heavy atom. The monoisotopic (exact) mass is 269 g/mol. The third kappa shape index (κ3) is 3.31. The number of nitrogens with two attached hydrogens (primary N) is 1. The quantitative estimate of drug-likeness (QED) is 0.879. The lowest BCUT2D eigenvalue weighted by Crippen LogP contribution is -2.02. The lowest BCUT2D eigenvalue weighted by molar-refractivity contribution is 0.963. The first-order valence-electron chi connectivity index (χ1n) is 3.38. The van der Waals surface area contributed by atoms with Gasteiger partial charge in [0, 0.05) is 9.50 Å². The summed E-state index contributed by atoms with van der Waals surface area (Å²) in [6.07, 6.45) is 0.862. The van der Waals surface area contributed by atoms with E-state index in [1.54, 1.807) is 0 Å². The van der Waals surface area contributed by atoms with E-state index in [9.17, 15) is 0 Å². The summed E-state index contributed by atoms with van der Waals surface area (Å²) in [5.41, 5.74) is 6.58. The molecule has 0 unspecified atom stereocenters. The topological polar surface area (TPSA) is 26.0 Å². The highest BCUT2D eigenvalue weighted by molar-refractivity contribution is 9.10. The van der Waals surface area contributed by atoms with Crippen LogP contribution in [0.3, 0.4) is 0 Å². The summed E-state index contributed by atoms with van der Waals surface area (Å²) in [7, 11) is 0. The summed E-state index contributed by atoms with van der Waals surface area (Å²) in [5, 5.41) is 0.761. The van der Waals surface area contributed by atoms with Gasteiger partial charge in [-0.3, -0.25) is 0 Å². The van der Waals surface area contributed by atoms with Gasteiger partial charge in [0.1, 0.15) is 0 Å². The zero-order chi connectivity index (χ0) is 8.27. The Hall–Kier alpha value is 0.240. The molecule has 0 aliphatic rings. The second kappa shape index (κ2) is 5.81. The van der Waals surface area contributed by atoms with Crippen molar-refractivity contribution in [3.63, 3.8) is 0 Å². The fourth-order valence-electron chi connectivity index (χ4n) is 0.890. The highest BCUT2D eigenvalue weighted by Gasteiger charge is 1.98. The second-order valence-corrected chi connectivity index (χ2v) is 3.57. The van der Waals surface area contributed by atoms with Gasteiger partial charge in [0.15, 0.2) is 0 Å². The molecule has 68 valence electrons. The maximum atomic E-state index is 5.79. The molecule has 0 radical (unpaired) electrons. The molecule has 1 nitrogen and oxygen atoms in total. The third-order valence-corrected chi connectivity index (χ3v) is 2.43. The van der Waals surface area contributed by atoms with Crippen LogP contribution in [-0.4, -0.2) is 6.54 Å². The molecule has 0 saturated heterocycles. The summed E-state index contributed by atoms with van der Waals surface area (Å²) in [6, 6.07) is 5.72. The molecular formula is C8H10BrCl2N. The summed E-state index contributed by atoms with van der Waals surface area (Å²) >= 11 is 9.21. The van der Waals surface area contributed by atoms with E-state index >= 15 is 0 Å². The Bertz CT molecular complexity index is 253. The normalized spacial score (nSPS) is 9.25. The van der Waals surface area contributed by atoms with E-state index in [1.807, 2.05) is 18.2 Å². The van der Waals surface area contributed by atoms with Crippen LogP contribution in [0.5, 0.6) is 0 Å². The molecule has 2 N–H and O–H groups in total. The molecule has 0 aliphatic heterocycles. The first kappa shape index (κ1) is 12.2. The number of benzene rings is 1. The Morgan fingerprint density at radius 2 is 2.08 bits per heavy atom. The van der Waals surface area contributed by atoms with E-state index in [1.165, 1.54) is 5.56 Å². The smallest absolute Gasteiger partial charge is 0.0409 e. The van der Waals surface area contributed by atoms with Crippen molar-refractivity contribution in [2.75, 3.05) is 6.54 Å². The fraction of sp³-hybridized carbons (Fsp3) is 0.250. The number of hydrogen-bond donors (Lipinski definition) is 1. The minimum atomic E-state index is 0. The maximum Gasteiger partial charge on any atom is 0.0409 e. The van der Waals surface area contributed by atoms with E-state index in [2.05, 4.69) is 15.9 Å². The van der Waals surface area contributed by atoms with Crippen LogP contribution >= 0.6 is 39.9 Å². The first-order valence-corrected chi connectivity index (χ1v) is 4.55. The van der Waals surface area contributed by atoms with Crippen LogP contribution in [0.25, 0.3) is 0 Å². The van der Waals surface area contributed by atoms with Gasteiger partial charge >= 0.3 is 0 Å². The molecule has 1 aromatic carbocycles. The molecule has 0 atom stereocenters. The van der Waals surface area contributed by atoms with Crippen molar-refractivity contribution in [2.45, 2.75) is 6.42 Å². The molecule has 0 spiro atoms. The average molecular weight is 271 g/mol. The molecule has 0 amide bonds. The maximum absolute atomic E-state index is 5.79.